The van der Waals surface area contributed by atoms with Crippen molar-refractivity contribution in [3.05, 3.63) is 0 Å². The van der Waals surface area contributed by atoms with E-state index in [9.17, 15) is 0 Å². The van der Waals surface area contributed by atoms with E-state index in [1.54, 1.807) is 0 Å². The summed E-state index contributed by atoms with van der Waals surface area (Å²) in [4.78, 5) is 0. The van der Waals surface area contributed by atoms with Crippen LogP contribution in [0.5, 0.6) is 0 Å². The van der Waals surface area contributed by atoms with Gasteiger partial charge in [0.05, 0.1) is 0 Å². The average molecular weight is 168 g/mol. The number of hydrogen-bond acceptors (Lipinski definition) is 0. The standard InChI is InChI=1S/C11H22N/c1-9(2)12-8-10(3,4)7-11(12,5)6/h8-9H,7H2,1-6H3/q+1. The van der Waals surface area contributed by atoms with Gasteiger partial charge in [-0.2, -0.15) is 0 Å². The van der Waals surface area contributed by atoms with Gasteiger partial charge >= 0.3 is 0 Å². The molecule has 0 amide bonds. The van der Waals surface area contributed by atoms with Crippen LogP contribution in [0.3, 0.4) is 0 Å². The molecule has 1 rings (SSSR count). The zero-order valence-corrected chi connectivity index (χ0v) is 9.31. The minimum Gasteiger partial charge on any atom is -0.232 e. The highest BCUT2D eigenvalue weighted by molar-refractivity contribution is 5.61. The van der Waals surface area contributed by atoms with Gasteiger partial charge in [-0.05, 0) is 27.7 Å². The minimum absolute atomic E-state index is 0.345. The molecule has 1 heterocycles. The van der Waals surface area contributed by atoms with E-state index in [1.165, 1.54) is 6.42 Å². The van der Waals surface area contributed by atoms with Crippen molar-refractivity contribution in [3.8, 4) is 0 Å². The fourth-order valence-electron chi connectivity index (χ4n) is 2.65. The molecule has 0 radical (unpaired) electrons. The molecule has 1 aliphatic rings. The topological polar surface area (TPSA) is 3.01 Å². The average Bonchev–Trinajstić information content (AvgIpc) is 1.99. The summed E-state index contributed by atoms with van der Waals surface area (Å²) in [6, 6.07) is 0.627. The van der Waals surface area contributed by atoms with E-state index in [1.807, 2.05) is 0 Å². The summed E-state index contributed by atoms with van der Waals surface area (Å²) >= 11 is 0. The quantitative estimate of drug-likeness (QED) is 0.530. The number of rotatable bonds is 1. The molecule has 0 N–H and O–H groups in total. The van der Waals surface area contributed by atoms with Gasteiger partial charge in [0.1, 0.15) is 12.3 Å². The molecule has 0 unspecified atom stereocenters. The zero-order valence-electron chi connectivity index (χ0n) is 9.31. The van der Waals surface area contributed by atoms with Crippen LogP contribution < -0.4 is 0 Å². The molecule has 0 aromatic rings. The maximum absolute atomic E-state index is 2.49. The van der Waals surface area contributed by atoms with Gasteiger partial charge in [-0.1, -0.05) is 13.8 Å². The van der Waals surface area contributed by atoms with Crippen LogP contribution in [-0.4, -0.2) is 22.4 Å². The van der Waals surface area contributed by atoms with E-state index in [4.69, 9.17) is 0 Å². The first kappa shape index (κ1) is 9.76. The van der Waals surface area contributed by atoms with Crippen LogP contribution >= 0.6 is 0 Å². The monoisotopic (exact) mass is 168 g/mol. The Kier molecular flexibility index (Phi) is 2.10. The molecule has 0 aromatic heterocycles. The van der Waals surface area contributed by atoms with E-state index in [0.717, 1.165) is 0 Å². The first-order valence-electron chi connectivity index (χ1n) is 4.89. The summed E-state index contributed by atoms with van der Waals surface area (Å²) in [6.45, 7) is 13.8. The summed E-state index contributed by atoms with van der Waals surface area (Å²) in [5, 5.41) is 0. The smallest absolute Gasteiger partial charge is 0.157 e. The van der Waals surface area contributed by atoms with E-state index >= 15 is 0 Å². The Balaban J connectivity index is 2.96. The lowest BCUT2D eigenvalue weighted by molar-refractivity contribution is -0.616. The second-order valence-corrected chi connectivity index (χ2v) is 5.61. The van der Waals surface area contributed by atoms with Gasteiger partial charge in [0.25, 0.3) is 0 Å². The first-order valence-corrected chi connectivity index (χ1v) is 4.89. The van der Waals surface area contributed by atoms with Crippen LogP contribution in [-0.2, 0) is 0 Å². The summed E-state index contributed by atoms with van der Waals surface area (Å²) < 4.78 is 2.49. The third kappa shape index (κ3) is 1.70. The number of nitrogens with zero attached hydrogens (tertiary/aromatic N) is 1. The summed E-state index contributed by atoms with van der Waals surface area (Å²) in [5.41, 5.74) is 0.728. The first-order chi connectivity index (χ1) is 5.25. The lowest BCUT2D eigenvalue weighted by Gasteiger charge is -2.21. The van der Waals surface area contributed by atoms with Gasteiger partial charge < -0.3 is 0 Å². The van der Waals surface area contributed by atoms with Gasteiger partial charge in [0.2, 0.25) is 0 Å². The highest BCUT2D eigenvalue weighted by atomic mass is 15.1. The van der Waals surface area contributed by atoms with Gasteiger partial charge in [-0.3, -0.25) is 0 Å². The van der Waals surface area contributed by atoms with Crippen molar-refractivity contribution in [2.24, 2.45) is 5.41 Å². The van der Waals surface area contributed by atoms with Gasteiger partial charge in [0.15, 0.2) is 5.54 Å². The maximum atomic E-state index is 2.49. The van der Waals surface area contributed by atoms with Crippen LogP contribution in [0.25, 0.3) is 0 Å². The number of hydrogen-bond donors (Lipinski definition) is 0. The maximum Gasteiger partial charge on any atom is 0.157 e. The molecule has 1 nitrogen and oxygen atoms in total. The molecule has 12 heavy (non-hydrogen) atoms. The lowest BCUT2D eigenvalue weighted by atomic mass is 9.85. The molecular weight excluding hydrogens is 146 g/mol. The van der Waals surface area contributed by atoms with Crippen LogP contribution in [0.1, 0.15) is 48.0 Å². The Bertz CT molecular complexity index is 209. The van der Waals surface area contributed by atoms with Gasteiger partial charge in [0, 0.05) is 11.8 Å². The summed E-state index contributed by atoms with van der Waals surface area (Å²) in [7, 11) is 0. The van der Waals surface area contributed by atoms with Crippen molar-refractivity contribution >= 4 is 6.21 Å². The SMILES string of the molecule is CC(C)[N+]1=CC(C)(C)CC1(C)C. The minimum atomic E-state index is 0.345. The largest absolute Gasteiger partial charge is 0.232 e. The molecule has 0 saturated heterocycles. The molecule has 1 heteroatoms. The fourth-order valence-corrected chi connectivity index (χ4v) is 2.65. The molecule has 0 bridgehead atoms. The molecule has 0 saturated carbocycles. The van der Waals surface area contributed by atoms with Crippen molar-refractivity contribution in [3.63, 3.8) is 0 Å². The molecule has 0 atom stereocenters. The predicted octanol–water partition coefficient (Wildman–Crippen LogP) is 2.69. The van der Waals surface area contributed by atoms with Crippen molar-refractivity contribution in [2.45, 2.75) is 59.5 Å². The summed E-state index contributed by atoms with van der Waals surface area (Å²) in [6.07, 6.45) is 3.66. The normalized spacial score (nSPS) is 26.1. The van der Waals surface area contributed by atoms with Crippen molar-refractivity contribution in [1.82, 2.24) is 0 Å². The Morgan fingerprint density at radius 2 is 1.67 bits per heavy atom. The Hall–Kier alpha value is -0.330. The molecular formula is C11H22N+. The van der Waals surface area contributed by atoms with E-state index in [0.29, 0.717) is 17.0 Å². The van der Waals surface area contributed by atoms with E-state index in [2.05, 4.69) is 52.3 Å². The van der Waals surface area contributed by atoms with Gasteiger partial charge in [-0.15, -0.1) is 0 Å². The molecule has 70 valence electrons. The van der Waals surface area contributed by atoms with Crippen LogP contribution in [0.15, 0.2) is 0 Å². The van der Waals surface area contributed by atoms with E-state index < -0.39 is 0 Å². The third-order valence-electron chi connectivity index (χ3n) is 2.63. The van der Waals surface area contributed by atoms with Crippen LogP contribution in [0.4, 0.5) is 0 Å². The van der Waals surface area contributed by atoms with Crippen molar-refractivity contribution < 1.29 is 4.58 Å². The second kappa shape index (κ2) is 2.58. The van der Waals surface area contributed by atoms with Crippen LogP contribution in [0, 0.1) is 5.41 Å². The van der Waals surface area contributed by atoms with Crippen molar-refractivity contribution in [2.75, 3.05) is 0 Å². The van der Waals surface area contributed by atoms with Crippen LogP contribution in [0.2, 0.25) is 0 Å². The Labute approximate surface area is 76.5 Å². The van der Waals surface area contributed by atoms with E-state index in [-0.39, 0.29) is 0 Å². The summed E-state index contributed by atoms with van der Waals surface area (Å²) in [5.74, 6) is 0. The Morgan fingerprint density at radius 3 is 1.83 bits per heavy atom. The zero-order chi connectivity index (χ0) is 9.57. The fraction of sp³-hybridized carbons (Fsp3) is 0.909. The molecule has 0 aromatic carbocycles. The second-order valence-electron chi connectivity index (χ2n) is 5.61. The van der Waals surface area contributed by atoms with Crippen molar-refractivity contribution in [1.29, 1.82) is 0 Å². The Morgan fingerprint density at radius 1 is 1.17 bits per heavy atom. The lowest BCUT2D eigenvalue weighted by Crippen LogP contribution is -2.36. The third-order valence-corrected chi connectivity index (χ3v) is 2.63. The molecule has 0 fully saturated rings. The highest BCUT2D eigenvalue weighted by Crippen LogP contribution is 2.35. The predicted molar refractivity (Wildman–Crippen MR) is 53.9 cm³/mol. The molecule has 0 spiro atoms. The molecule has 0 aliphatic carbocycles. The van der Waals surface area contributed by atoms with Gasteiger partial charge in [-0.25, -0.2) is 4.58 Å². The molecule has 1 aliphatic heterocycles. The highest BCUT2D eigenvalue weighted by Gasteiger charge is 2.45.